The summed E-state index contributed by atoms with van der Waals surface area (Å²) in [7, 11) is 3.05. The molecule has 3 aromatic rings. The first kappa shape index (κ1) is 27.5. The van der Waals surface area contributed by atoms with Crippen LogP contribution < -0.4 is 21.1 Å². The molecule has 2 N–H and O–H groups in total. The lowest BCUT2D eigenvalue weighted by atomic mass is 9.88. The van der Waals surface area contributed by atoms with E-state index in [1.807, 2.05) is 0 Å². The van der Waals surface area contributed by atoms with Crippen molar-refractivity contribution in [3.63, 3.8) is 0 Å². The summed E-state index contributed by atoms with van der Waals surface area (Å²) >= 11 is 0. The Morgan fingerprint density at radius 1 is 1.25 bits per heavy atom. The highest BCUT2D eigenvalue weighted by Gasteiger charge is 2.46. The van der Waals surface area contributed by atoms with Crippen molar-refractivity contribution in [1.82, 2.24) is 24.5 Å². The van der Waals surface area contributed by atoms with E-state index in [-0.39, 0.29) is 40.7 Å². The van der Waals surface area contributed by atoms with Gasteiger partial charge >= 0.3 is 6.09 Å². The van der Waals surface area contributed by atoms with E-state index in [2.05, 4.69) is 20.7 Å². The molecule has 0 aliphatic heterocycles. The van der Waals surface area contributed by atoms with E-state index in [1.54, 1.807) is 33.9 Å². The summed E-state index contributed by atoms with van der Waals surface area (Å²) in [5, 5.41) is 10.1. The average Bonchev–Trinajstić information content (AvgIpc) is 3.46. The molecule has 0 bridgehead atoms. The minimum Gasteiger partial charge on any atom is -0.443 e. The molecule has 5 rings (SSSR count). The number of hydrogen-bond donors (Lipinski definition) is 2. The van der Waals surface area contributed by atoms with Crippen LogP contribution in [0.15, 0.2) is 35.4 Å². The Kier molecular flexibility index (Phi) is 6.76. The Balaban J connectivity index is 1.52. The summed E-state index contributed by atoms with van der Waals surface area (Å²) in [6.07, 6.45) is 1.92. The maximum absolute atomic E-state index is 13.5. The second kappa shape index (κ2) is 9.84. The van der Waals surface area contributed by atoms with Gasteiger partial charge in [-0.2, -0.15) is 9.61 Å². The number of carbonyl (C=O) groups excluding carboxylic acids is 2. The predicted molar refractivity (Wildman–Crippen MR) is 141 cm³/mol. The number of aromatic nitrogens is 4. The minimum atomic E-state index is -2.79. The number of pyridine rings is 1. The first-order valence-corrected chi connectivity index (χ1v) is 12.8. The van der Waals surface area contributed by atoms with Crippen molar-refractivity contribution in [3.05, 3.63) is 46.5 Å². The SMILES string of the molecule is CO[C@@H]1CC1NC(=O)c1cnn2c(N(C)C(=O)OC(C)(C)C)cc(Nc3cccn(C4CC(F)(F)C4)c3=O)nc12. The number of nitrogens with zero attached hydrogens (tertiary/aromatic N) is 5. The molecule has 2 amide bonds. The van der Waals surface area contributed by atoms with Gasteiger partial charge < -0.3 is 24.7 Å². The van der Waals surface area contributed by atoms with Gasteiger partial charge in [-0.15, -0.1) is 0 Å². The van der Waals surface area contributed by atoms with Crippen LogP contribution in [0.5, 0.6) is 0 Å². The highest BCUT2D eigenvalue weighted by Crippen LogP contribution is 2.44. The van der Waals surface area contributed by atoms with Gasteiger partial charge in [0.05, 0.1) is 18.3 Å². The third kappa shape index (κ3) is 5.48. The average molecular weight is 560 g/mol. The van der Waals surface area contributed by atoms with Crippen LogP contribution in [0.1, 0.15) is 56.4 Å². The topological polar surface area (TPSA) is 132 Å². The van der Waals surface area contributed by atoms with Crippen LogP contribution >= 0.6 is 0 Å². The Hall–Kier alpha value is -4.07. The standard InChI is InChI=1S/C26H31F2N7O5/c1-25(2,3)40-24(38)33(4)20-10-19(30-16-7-6-8-34(23(16)37)14-11-26(27,28)12-14)32-21-15(13-29-35(20)21)22(36)31-17-9-18(17)39-5/h6-8,10,13-14,17-18H,9,11-12H2,1-5H3,(H,30,32)(H,31,36)/t17?,18-/m1/s1. The van der Waals surface area contributed by atoms with Crippen molar-refractivity contribution in [1.29, 1.82) is 0 Å². The number of amides is 2. The van der Waals surface area contributed by atoms with Gasteiger partial charge in [-0.1, -0.05) is 0 Å². The monoisotopic (exact) mass is 559 g/mol. The number of hydrogen-bond acceptors (Lipinski definition) is 8. The molecule has 0 spiro atoms. The van der Waals surface area contributed by atoms with E-state index in [1.165, 1.54) is 45.6 Å². The normalized spacial score (nSPS) is 20.1. The van der Waals surface area contributed by atoms with Gasteiger partial charge in [0, 0.05) is 45.3 Å². The first-order valence-electron chi connectivity index (χ1n) is 12.8. The molecule has 40 heavy (non-hydrogen) atoms. The number of alkyl halides is 2. The summed E-state index contributed by atoms with van der Waals surface area (Å²) < 4.78 is 40.2. The largest absolute Gasteiger partial charge is 0.443 e. The maximum Gasteiger partial charge on any atom is 0.415 e. The molecule has 2 saturated carbocycles. The van der Waals surface area contributed by atoms with Crippen LogP contribution in [0.3, 0.4) is 0 Å². The van der Waals surface area contributed by atoms with Gasteiger partial charge in [0.25, 0.3) is 17.4 Å². The zero-order valence-electron chi connectivity index (χ0n) is 22.8. The number of halogens is 2. The lowest BCUT2D eigenvalue weighted by Crippen LogP contribution is -2.41. The fourth-order valence-corrected chi connectivity index (χ4v) is 4.52. The number of carbonyl (C=O) groups is 2. The lowest BCUT2D eigenvalue weighted by molar-refractivity contribution is -0.104. The molecule has 3 aromatic heterocycles. The van der Waals surface area contributed by atoms with Crippen LogP contribution in [0.4, 0.5) is 30.9 Å². The summed E-state index contributed by atoms with van der Waals surface area (Å²) in [5.74, 6) is -2.88. The molecule has 14 heteroatoms. The van der Waals surface area contributed by atoms with Gasteiger partial charge in [0.15, 0.2) is 5.65 Å². The van der Waals surface area contributed by atoms with Crippen molar-refractivity contribution in [2.24, 2.45) is 0 Å². The van der Waals surface area contributed by atoms with E-state index >= 15 is 0 Å². The number of nitrogens with one attached hydrogen (secondary N) is 2. The summed E-state index contributed by atoms with van der Waals surface area (Å²) in [4.78, 5) is 44.8. The third-order valence-corrected chi connectivity index (χ3v) is 6.76. The quantitative estimate of drug-likeness (QED) is 0.450. The molecule has 3 heterocycles. The fourth-order valence-electron chi connectivity index (χ4n) is 4.52. The number of fused-ring (bicyclic) bond motifs is 1. The molecule has 2 fully saturated rings. The third-order valence-electron chi connectivity index (χ3n) is 6.76. The zero-order chi connectivity index (χ0) is 29.0. The second-order valence-corrected chi connectivity index (χ2v) is 11.1. The fraction of sp³-hybridized carbons (Fsp3) is 0.500. The second-order valence-electron chi connectivity index (χ2n) is 11.1. The highest BCUT2D eigenvalue weighted by atomic mass is 19.3. The molecule has 2 aliphatic rings. The first-order chi connectivity index (χ1) is 18.8. The van der Waals surface area contributed by atoms with E-state index in [0.717, 1.165) is 0 Å². The Bertz CT molecular complexity index is 1520. The van der Waals surface area contributed by atoms with Crippen LogP contribution in [0.2, 0.25) is 0 Å². The molecular formula is C26H31F2N7O5. The predicted octanol–water partition coefficient (Wildman–Crippen LogP) is 3.49. The Labute approximate surface area is 228 Å². The molecule has 0 saturated heterocycles. The smallest absolute Gasteiger partial charge is 0.415 e. The number of methoxy groups -OCH3 is 1. The number of rotatable bonds is 7. The van der Waals surface area contributed by atoms with E-state index < -0.39 is 48.0 Å². The molecular weight excluding hydrogens is 528 g/mol. The Morgan fingerprint density at radius 2 is 1.98 bits per heavy atom. The number of anilines is 3. The van der Waals surface area contributed by atoms with E-state index in [0.29, 0.717) is 6.42 Å². The van der Waals surface area contributed by atoms with Crippen LogP contribution in [-0.2, 0) is 9.47 Å². The molecule has 2 atom stereocenters. The number of ether oxygens (including phenoxy) is 2. The van der Waals surface area contributed by atoms with Crippen molar-refractivity contribution in [3.8, 4) is 0 Å². The molecule has 2 aliphatic carbocycles. The van der Waals surface area contributed by atoms with Crippen LogP contribution in [0, 0.1) is 0 Å². The molecule has 12 nitrogen and oxygen atoms in total. The van der Waals surface area contributed by atoms with Crippen molar-refractivity contribution in [2.75, 3.05) is 24.4 Å². The summed E-state index contributed by atoms with van der Waals surface area (Å²) in [6, 6.07) is 3.80. The molecule has 1 unspecified atom stereocenters. The summed E-state index contributed by atoms with van der Waals surface area (Å²) in [5.41, 5.74) is -0.920. The van der Waals surface area contributed by atoms with Crippen LogP contribution in [0.25, 0.3) is 5.65 Å². The molecule has 0 radical (unpaired) electrons. The lowest BCUT2D eigenvalue weighted by Gasteiger charge is -2.36. The van der Waals surface area contributed by atoms with E-state index in [4.69, 9.17) is 9.47 Å². The van der Waals surface area contributed by atoms with Gasteiger partial charge in [-0.05, 0) is 39.3 Å². The minimum absolute atomic E-state index is 0.0688. The Morgan fingerprint density at radius 3 is 2.60 bits per heavy atom. The van der Waals surface area contributed by atoms with Crippen molar-refractivity contribution < 1.29 is 27.8 Å². The zero-order valence-corrected chi connectivity index (χ0v) is 22.8. The summed E-state index contributed by atoms with van der Waals surface area (Å²) in [6.45, 7) is 5.19. The van der Waals surface area contributed by atoms with Gasteiger partial charge in [-0.3, -0.25) is 14.5 Å². The van der Waals surface area contributed by atoms with Gasteiger partial charge in [-0.25, -0.2) is 18.6 Å². The van der Waals surface area contributed by atoms with Crippen molar-refractivity contribution in [2.45, 2.75) is 69.7 Å². The van der Waals surface area contributed by atoms with Gasteiger partial charge in [0.2, 0.25) is 0 Å². The van der Waals surface area contributed by atoms with Crippen molar-refractivity contribution >= 4 is 35.0 Å². The maximum atomic E-state index is 13.5. The van der Waals surface area contributed by atoms with Crippen LogP contribution in [-0.4, -0.2) is 69.0 Å². The van der Waals surface area contributed by atoms with E-state index in [9.17, 15) is 23.2 Å². The molecule has 0 aromatic carbocycles. The molecule has 214 valence electrons. The van der Waals surface area contributed by atoms with Gasteiger partial charge in [0.1, 0.15) is 28.5 Å². The highest BCUT2D eigenvalue weighted by molar-refractivity contribution is 6.01.